The molecule has 2 rings (SSSR count). The highest BCUT2D eigenvalue weighted by Crippen LogP contribution is 2.21. The van der Waals surface area contributed by atoms with Gasteiger partial charge in [-0.25, -0.2) is 0 Å². The Bertz CT molecular complexity index is 556. The molecule has 0 unspecified atom stereocenters. The second-order valence-electron chi connectivity index (χ2n) is 4.53. The zero-order valence-corrected chi connectivity index (χ0v) is 12.3. The Balaban J connectivity index is 1.81. The summed E-state index contributed by atoms with van der Waals surface area (Å²) in [6.07, 6.45) is 4.63. The lowest BCUT2D eigenvalue weighted by Gasteiger charge is -2.07. The van der Waals surface area contributed by atoms with Gasteiger partial charge in [0.05, 0.1) is 0 Å². The predicted molar refractivity (Wildman–Crippen MR) is 80.8 cm³/mol. The number of nitrogens with one attached hydrogen (secondary N) is 1. The molecule has 0 aliphatic rings. The topological polar surface area (TPSA) is 24.9 Å². The highest BCUT2D eigenvalue weighted by molar-refractivity contribution is 6.35. The average Bonchev–Trinajstić information content (AvgIpc) is 2.37. The molecule has 2 aromatic rings. The number of pyridine rings is 1. The van der Waals surface area contributed by atoms with Crippen LogP contribution < -0.4 is 5.32 Å². The summed E-state index contributed by atoms with van der Waals surface area (Å²) >= 11 is 12.0. The lowest BCUT2D eigenvalue weighted by Crippen LogP contribution is -2.17. The quantitative estimate of drug-likeness (QED) is 0.842. The third kappa shape index (κ3) is 4.50. The van der Waals surface area contributed by atoms with E-state index in [2.05, 4.69) is 16.4 Å². The first-order valence-corrected chi connectivity index (χ1v) is 6.96. The van der Waals surface area contributed by atoms with Crippen LogP contribution in [0.2, 0.25) is 10.0 Å². The van der Waals surface area contributed by atoms with E-state index in [0.29, 0.717) is 5.02 Å². The molecular formula is C15H16Cl2N2. The first-order chi connectivity index (χ1) is 9.15. The molecule has 0 fully saturated rings. The molecule has 100 valence electrons. The monoisotopic (exact) mass is 294 g/mol. The van der Waals surface area contributed by atoms with Crippen molar-refractivity contribution < 1.29 is 0 Å². The summed E-state index contributed by atoms with van der Waals surface area (Å²) in [6.45, 7) is 3.74. The van der Waals surface area contributed by atoms with Gasteiger partial charge in [-0.1, -0.05) is 35.3 Å². The zero-order chi connectivity index (χ0) is 13.7. The van der Waals surface area contributed by atoms with E-state index >= 15 is 0 Å². The van der Waals surface area contributed by atoms with Crippen molar-refractivity contribution in [2.75, 3.05) is 6.54 Å². The molecule has 0 atom stereocenters. The van der Waals surface area contributed by atoms with Crippen LogP contribution in [0.3, 0.4) is 0 Å². The lowest BCUT2D eigenvalue weighted by molar-refractivity contribution is 0.685. The van der Waals surface area contributed by atoms with Gasteiger partial charge in [0.2, 0.25) is 0 Å². The maximum absolute atomic E-state index is 6.12. The fourth-order valence-corrected chi connectivity index (χ4v) is 2.40. The Hall–Kier alpha value is -1.09. The molecule has 0 spiro atoms. The van der Waals surface area contributed by atoms with Crippen molar-refractivity contribution >= 4 is 23.2 Å². The summed E-state index contributed by atoms with van der Waals surface area (Å²) in [6, 6.07) is 7.76. The van der Waals surface area contributed by atoms with Gasteiger partial charge >= 0.3 is 0 Å². The maximum atomic E-state index is 6.12. The number of halogens is 2. The van der Waals surface area contributed by atoms with Gasteiger partial charge in [-0.2, -0.15) is 0 Å². The number of aromatic nitrogens is 1. The van der Waals surface area contributed by atoms with Gasteiger partial charge in [-0.3, -0.25) is 4.98 Å². The third-order valence-corrected chi connectivity index (χ3v) is 3.43. The van der Waals surface area contributed by atoms with E-state index in [1.54, 1.807) is 6.07 Å². The van der Waals surface area contributed by atoms with Crippen LogP contribution >= 0.6 is 23.2 Å². The second-order valence-corrected chi connectivity index (χ2v) is 5.38. The van der Waals surface area contributed by atoms with E-state index in [0.717, 1.165) is 30.1 Å². The highest BCUT2D eigenvalue weighted by Gasteiger charge is 2.01. The molecule has 0 saturated heterocycles. The van der Waals surface area contributed by atoms with Gasteiger partial charge in [0.25, 0.3) is 0 Å². The van der Waals surface area contributed by atoms with Gasteiger partial charge in [-0.05, 0) is 48.7 Å². The third-order valence-electron chi connectivity index (χ3n) is 2.85. The molecule has 0 aliphatic heterocycles. The molecule has 1 aromatic carbocycles. The molecule has 1 heterocycles. The predicted octanol–water partition coefficient (Wildman–Crippen LogP) is 4.03. The van der Waals surface area contributed by atoms with Gasteiger partial charge in [0.1, 0.15) is 0 Å². The number of nitrogens with zero attached hydrogens (tertiary/aromatic N) is 1. The minimum Gasteiger partial charge on any atom is -0.312 e. The van der Waals surface area contributed by atoms with E-state index < -0.39 is 0 Å². The van der Waals surface area contributed by atoms with Crippen LogP contribution in [0.4, 0.5) is 0 Å². The Morgan fingerprint density at radius 3 is 2.74 bits per heavy atom. The average molecular weight is 295 g/mol. The molecule has 1 aromatic heterocycles. The Morgan fingerprint density at radius 1 is 1.16 bits per heavy atom. The second kappa shape index (κ2) is 6.90. The number of benzene rings is 1. The van der Waals surface area contributed by atoms with Gasteiger partial charge in [0.15, 0.2) is 0 Å². The van der Waals surface area contributed by atoms with E-state index in [-0.39, 0.29) is 0 Å². The van der Waals surface area contributed by atoms with Crippen molar-refractivity contribution in [2.45, 2.75) is 19.9 Å². The Morgan fingerprint density at radius 2 is 2.00 bits per heavy atom. The van der Waals surface area contributed by atoms with Crippen LogP contribution in [0.5, 0.6) is 0 Å². The van der Waals surface area contributed by atoms with Crippen LogP contribution in [0.1, 0.15) is 16.7 Å². The van der Waals surface area contributed by atoms with Gasteiger partial charge in [0, 0.05) is 29.0 Å². The molecule has 1 N–H and O–H groups in total. The fourth-order valence-electron chi connectivity index (χ4n) is 1.89. The van der Waals surface area contributed by atoms with E-state index in [1.807, 2.05) is 31.5 Å². The molecule has 4 heteroatoms. The van der Waals surface area contributed by atoms with Crippen LogP contribution in [-0.2, 0) is 13.0 Å². The number of aryl methyl sites for hydroxylation is 1. The van der Waals surface area contributed by atoms with Crippen molar-refractivity contribution in [1.82, 2.24) is 10.3 Å². The summed E-state index contributed by atoms with van der Waals surface area (Å²) in [4.78, 5) is 4.17. The van der Waals surface area contributed by atoms with Crippen LogP contribution in [-0.4, -0.2) is 11.5 Å². The SMILES string of the molecule is Cc1cncc(CNCCc2ccc(Cl)cc2Cl)c1. The summed E-state index contributed by atoms with van der Waals surface area (Å²) in [5.74, 6) is 0. The molecule has 0 aliphatic carbocycles. The molecule has 0 bridgehead atoms. The van der Waals surface area contributed by atoms with Crippen molar-refractivity contribution in [2.24, 2.45) is 0 Å². The smallest absolute Gasteiger partial charge is 0.0453 e. The Kier molecular flexibility index (Phi) is 5.20. The fraction of sp³-hybridized carbons (Fsp3) is 0.267. The summed E-state index contributed by atoms with van der Waals surface area (Å²) in [5.41, 5.74) is 3.49. The molecule has 2 nitrogen and oxygen atoms in total. The van der Waals surface area contributed by atoms with Crippen molar-refractivity contribution in [3.8, 4) is 0 Å². The molecule has 0 saturated carbocycles. The van der Waals surface area contributed by atoms with Gasteiger partial charge in [-0.15, -0.1) is 0 Å². The van der Waals surface area contributed by atoms with Crippen LogP contribution in [0.25, 0.3) is 0 Å². The molecule has 0 radical (unpaired) electrons. The number of rotatable bonds is 5. The van der Waals surface area contributed by atoms with E-state index in [9.17, 15) is 0 Å². The first-order valence-electron chi connectivity index (χ1n) is 6.20. The minimum absolute atomic E-state index is 0.674. The normalized spacial score (nSPS) is 10.7. The number of hydrogen-bond acceptors (Lipinski definition) is 2. The van der Waals surface area contributed by atoms with Crippen LogP contribution in [0.15, 0.2) is 36.7 Å². The molecule has 0 amide bonds. The molecule has 19 heavy (non-hydrogen) atoms. The first kappa shape index (κ1) is 14.3. The maximum Gasteiger partial charge on any atom is 0.0453 e. The lowest BCUT2D eigenvalue weighted by atomic mass is 10.1. The minimum atomic E-state index is 0.674. The van der Waals surface area contributed by atoms with Gasteiger partial charge < -0.3 is 5.32 Å². The highest BCUT2D eigenvalue weighted by atomic mass is 35.5. The Labute approximate surface area is 123 Å². The number of hydrogen-bond donors (Lipinski definition) is 1. The van der Waals surface area contributed by atoms with Crippen molar-refractivity contribution in [3.05, 3.63) is 63.4 Å². The summed E-state index contributed by atoms with van der Waals surface area (Å²) in [5, 5.41) is 4.79. The summed E-state index contributed by atoms with van der Waals surface area (Å²) < 4.78 is 0. The standard InChI is InChI=1S/C15H16Cl2N2/c1-11-6-12(10-19-8-11)9-18-5-4-13-2-3-14(16)7-15(13)17/h2-3,6-8,10,18H,4-5,9H2,1H3. The zero-order valence-electron chi connectivity index (χ0n) is 10.8. The van der Waals surface area contributed by atoms with E-state index in [4.69, 9.17) is 23.2 Å². The van der Waals surface area contributed by atoms with Crippen LogP contribution in [0, 0.1) is 6.92 Å². The van der Waals surface area contributed by atoms with E-state index in [1.165, 1.54) is 11.1 Å². The van der Waals surface area contributed by atoms with Crippen molar-refractivity contribution in [1.29, 1.82) is 0 Å². The largest absolute Gasteiger partial charge is 0.312 e. The summed E-state index contributed by atoms with van der Waals surface area (Å²) in [7, 11) is 0. The molecular weight excluding hydrogens is 279 g/mol. The van der Waals surface area contributed by atoms with Crippen molar-refractivity contribution in [3.63, 3.8) is 0 Å².